The minimum absolute atomic E-state index is 0.855. The van der Waals surface area contributed by atoms with Gasteiger partial charge in [-0.05, 0) is 204 Å². The first-order valence-corrected chi connectivity index (χ1v) is 41.4. The van der Waals surface area contributed by atoms with Crippen molar-refractivity contribution in [2.75, 3.05) is 0 Å². The lowest BCUT2D eigenvalue weighted by Gasteiger charge is -2.03. The number of hydrogen-bond donors (Lipinski definition) is 0. The van der Waals surface area contributed by atoms with Crippen molar-refractivity contribution in [3.05, 3.63) is 256 Å². The van der Waals surface area contributed by atoms with Crippen molar-refractivity contribution < 1.29 is 0 Å². The van der Waals surface area contributed by atoms with Gasteiger partial charge in [-0.25, -0.2) is 0 Å². The molecule has 0 amide bonds. The number of rotatable bonds is 43. The second kappa shape index (κ2) is 43.2. The Kier molecular flexibility index (Phi) is 31.7. The lowest BCUT2D eigenvalue weighted by atomic mass is 10.0. The van der Waals surface area contributed by atoms with Gasteiger partial charge in [0, 0.05) is 78.8 Å². The molecule has 11 rings (SSSR count). The Labute approximate surface area is 638 Å². The number of aryl methyl sites for hydroxylation is 3. The highest BCUT2D eigenvalue weighted by Crippen LogP contribution is 2.33. The molecule has 0 saturated heterocycles. The lowest BCUT2D eigenvalue weighted by molar-refractivity contribution is 0.575. The van der Waals surface area contributed by atoms with Crippen LogP contribution < -0.4 is 0 Å². The molecule has 0 saturated carbocycles. The Morgan fingerprint density at radius 3 is 0.676 bits per heavy atom. The largest absolute Gasteiger partial charge is 0.255 e. The zero-order valence-electron chi connectivity index (χ0n) is 62.1. The van der Waals surface area contributed by atoms with Crippen molar-refractivity contribution in [1.82, 2.24) is 39.9 Å². The van der Waals surface area contributed by atoms with Gasteiger partial charge in [-0.1, -0.05) is 241 Å². The van der Waals surface area contributed by atoms with E-state index in [0.717, 1.165) is 98.2 Å². The minimum Gasteiger partial charge on any atom is -0.255 e. The molecule has 11 aromatic rings. The number of pyridine rings is 8. The molecule has 0 unspecified atom stereocenters. The molecule has 8 nitrogen and oxygen atoms in total. The van der Waals surface area contributed by atoms with Crippen LogP contribution in [0.1, 0.15) is 254 Å². The van der Waals surface area contributed by atoms with Gasteiger partial charge in [0.05, 0.1) is 45.6 Å². The number of thiophene rings is 3. The van der Waals surface area contributed by atoms with Crippen LogP contribution in [0.2, 0.25) is 0 Å². The summed E-state index contributed by atoms with van der Waals surface area (Å²) < 4.78 is 0. The smallest absolute Gasteiger partial charge is 0.0886 e. The number of nitrogens with zero attached hydrogens (tertiary/aromatic N) is 8. The Morgan fingerprint density at radius 2 is 0.457 bits per heavy atom. The number of hydrogen-bond acceptors (Lipinski definition) is 11. The van der Waals surface area contributed by atoms with E-state index in [0.29, 0.717) is 0 Å². The summed E-state index contributed by atoms with van der Waals surface area (Å²) >= 11 is 5.53. The Balaban J connectivity index is 0.705. The summed E-state index contributed by atoms with van der Waals surface area (Å²) in [7, 11) is 0. The van der Waals surface area contributed by atoms with Gasteiger partial charge in [-0.3, -0.25) is 39.9 Å². The molecular formula is C94H104N8S3. The summed E-state index contributed by atoms with van der Waals surface area (Å²) in [5.74, 6) is 0. The third-order valence-corrected chi connectivity index (χ3v) is 22.5. The Hall–Kier alpha value is -9.26. The molecule has 11 aromatic heterocycles. The Bertz CT molecular complexity index is 4500. The number of unbranched alkanes of at least 4 members (excludes halogenated alkanes) is 21. The monoisotopic (exact) mass is 1440 g/mol. The summed E-state index contributed by atoms with van der Waals surface area (Å²) in [5, 5.41) is 0. The third kappa shape index (κ3) is 25.5. The van der Waals surface area contributed by atoms with Crippen LogP contribution in [0.4, 0.5) is 0 Å². The normalized spacial score (nSPS) is 12.0. The summed E-state index contributed by atoms with van der Waals surface area (Å²) in [5.41, 5.74) is 17.5. The topological polar surface area (TPSA) is 103 Å². The third-order valence-electron chi connectivity index (χ3n) is 19.2. The van der Waals surface area contributed by atoms with E-state index in [2.05, 4.69) is 189 Å². The summed E-state index contributed by atoms with van der Waals surface area (Å²) in [6, 6.07) is 44.3. The van der Waals surface area contributed by atoms with Crippen molar-refractivity contribution in [2.24, 2.45) is 0 Å². The van der Waals surface area contributed by atoms with Gasteiger partial charge >= 0.3 is 0 Å². The van der Waals surface area contributed by atoms with Crippen LogP contribution in [-0.2, 0) is 19.3 Å². The maximum atomic E-state index is 4.91. The maximum absolute atomic E-state index is 4.91. The van der Waals surface area contributed by atoms with E-state index in [1.807, 2.05) is 120 Å². The summed E-state index contributed by atoms with van der Waals surface area (Å²) in [4.78, 5) is 45.6. The van der Waals surface area contributed by atoms with Crippen molar-refractivity contribution in [3.8, 4) is 45.6 Å². The molecule has 105 heavy (non-hydrogen) atoms. The fourth-order valence-corrected chi connectivity index (χ4v) is 16.1. The van der Waals surface area contributed by atoms with Crippen LogP contribution in [-0.4, -0.2) is 39.9 Å². The van der Waals surface area contributed by atoms with E-state index in [1.54, 1.807) is 6.20 Å². The van der Waals surface area contributed by atoms with Crippen LogP contribution in [0.25, 0.3) is 118 Å². The van der Waals surface area contributed by atoms with E-state index in [9.17, 15) is 0 Å². The average Bonchev–Trinajstić information content (AvgIpc) is 1.80. The van der Waals surface area contributed by atoms with Crippen molar-refractivity contribution in [3.63, 3.8) is 0 Å². The highest BCUT2D eigenvalue weighted by Gasteiger charge is 2.12. The fourth-order valence-electron chi connectivity index (χ4n) is 13.0. The van der Waals surface area contributed by atoms with E-state index < -0.39 is 0 Å². The molecule has 0 radical (unpaired) electrons. The maximum Gasteiger partial charge on any atom is 0.0886 e. The predicted molar refractivity (Wildman–Crippen MR) is 455 cm³/mol. The molecule has 0 fully saturated rings. The molecular weight excluding hydrogens is 1340 g/mol. The van der Waals surface area contributed by atoms with Crippen LogP contribution in [0.3, 0.4) is 0 Å². The van der Waals surface area contributed by atoms with E-state index in [-0.39, 0.29) is 0 Å². The van der Waals surface area contributed by atoms with Gasteiger partial charge in [0.2, 0.25) is 0 Å². The van der Waals surface area contributed by atoms with Crippen LogP contribution in [0.15, 0.2) is 177 Å². The van der Waals surface area contributed by atoms with Crippen LogP contribution in [0, 0.1) is 0 Å². The molecule has 0 aliphatic rings. The van der Waals surface area contributed by atoms with Gasteiger partial charge in [0.25, 0.3) is 0 Å². The molecule has 0 aromatic carbocycles. The zero-order chi connectivity index (χ0) is 72.1. The molecule has 538 valence electrons. The first-order chi connectivity index (χ1) is 51.9. The van der Waals surface area contributed by atoms with Crippen LogP contribution in [0.5, 0.6) is 0 Å². The second-order valence-electron chi connectivity index (χ2n) is 27.6. The molecule has 0 aliphatic heterocycles. The minimum atomic E-state index is 0.855. The quantitative estimate of drug-likeness (QED) is 0.0348. The molecule has 0 N–H and O–H groups in total. The highest BCUT2D eigenvalue weighted by molar-refractivity contribution is 7.14. The van der Waals surface area contributed by atoms with Gasteiger partial charge in [-0.15, -0.1) is 34.0 Å². The number of aromatic nitrogens is 8. The Morgan fingerprint density at radius 1 is 0.229 bits per heavy atom. The molecule has 0 atom stereocenters. The van der Waals surface area contributed by atoms with Gasteiger partial charge < -0.3 is 0 Å². The van der Waals surface area contributed by atoms with E-state index in [4.69, 9.17) is 29.9 Å². The van der Waals surface area contributed by atoms with Crippen molar-refractivity contribution in [2.45, 2.75) is 194 Å². The second-order valence-corrected chi connectivity index (χ2v) is 30.9. The standard InChI is InChI=1S/C94H104N8S3/c1-4-7-10-13-16-19-22-25-32-78-64-82(104-92(78)58-46-75-43-53-87(98-69-75)85-36-29-31-62-96-85)50-38-73-41-54-88(99-67-73)91-57-45-77(71-102-91)48-60-94-80(34-27-24-21-18-15-12-9-6-3)65-83(105-94)51-39-74-42-55-89(100-68-74)90-56-44-76(70-101-90)47-59-93-79(33-26-23-20-17-14-11-8-5-2)63-81(103-93)49-37-72-40-52-86(97-66-72)84-35-28-30-61-95-84/h28-31,35-71H,4-27,32-34H2,1-3H3/b49-37+,50-38+,51-39+,58-46+,59-47+,60-48+. The van der Waals surface area contributed by atoms with Gasteiger partial charge in [-0.2, -0.15) is 0 Å². The predicted octanol–water partition coefficient (Wildman–Crippen LogP) is 27.8. The van der Waals surface area contributed by atoms with E-state index in [1.165, 1.54) is 200 Å². The van der Waals surface area contributed by atoms with Crippen LogP contribution >= 0.6 is 34.0 Å². The molecule has 11 heteroatoms. The molecule has 0 aliphatic carbocycles. The van der Waals surface area contributed by atoms with Gasteiger partial charge in [0.15, 0.2) is 0 Å². The first kappa shape index (κ1) is 76.9. The lowest BCUT2D eigenvalue weighted by Crippen LogP contribution is -1.88. The molecule has 11 heterocycles. The molecule has 0 spiro atoms. The summed E-state index contributed by atoms with van der Waals surface area (Å²) in [6.45, 7) is 6.86. The first-order valence-electron chi connectivity index (χ1n) is 39.0. The SMILES string of the molecule is CCCCCCCCCCc1cc(/C=C/c2ccc(-c3ccc(/C=C/c4sc(/C=C/c5ccc(-c6ccc(/C=C/c7sc(/C=C/c8ccc(-c9ccccn9)nc8)cc7CCCCCCCCCC)cn6)nc5)cc4CCCCCCCCCC)cn3)nc2)sc1/C=C/c1ccc(-c2ccccn2)nc1. The highest BCUT2D eigenvalue weighted by atomic mass is 32.1. The zero-order valence-corrected chi connectivity index (χ0v) is 64.5. The average molecular weight is 1440 g/mol. The van der Waals surface area contributed by atoms with Crippen molar-refractivity contribution in [1.29, 1.82) is 0 Å². The summed E-state index contributed by atoms with van der Waals surface area (Å²) in [6.07, 6.45) is 76.6. The van der Waals surface area contributed by atoms with E-state index >= 15 is 0 Å². The van der Waals surface area contributed by atoms with Crippen molar-refractivity contribution >= 4 is 107 Å². The van der Waals surface area contributed by atoms with Gasteiger partial charge in [0.1, 0.15) is 0 Å². The fraction of sp³-hybridized carbons (Fsp3) is 0.319. The molecule has 0 bridgehead atoms.